The second-order valence-electron chi connectivity index (χ2n) is 6.15. The summed E-state index contributed by atoms with van der Waals surface area (Å²) in [6.45, 7) is 0.979. The maximum absolute atomic E-state index is 4.18. The molecule has 1 aromatic rings. The summed E-state index contributed by atoms with van der Waals surface area (Å²) in [6, 6.07) is 4.93. The molecule has 2 saturated carbocycles. The number of nitrogens with zero attached hydrogens (tertiary/aromatic N) is 1. The number of hydrogen-bond acceptors (Lipinski definition) is 2. The predicted octanol–water partition coefficient (Wildman–Crippen LogP) is 2.77. The Morgan fingerprint density at radius 3 is 3.17 bits per heavy atom. The minimum absolute atomic E-state index is 0.747. The minimum Gasteiger partial charge on any atom is -0.310 e. The number of aromatic nitrogens is 1. The second-order valence-corrected chi connectivity index (χ2v) is 6.15. The third-order valence-corrected chi connectivity index (χ3v) is 5.29. The van der Waals surface area contributed by atoms with E-state index in [2.05, 4.69) is 28.5 Å². The summed E-state index contributed by atoms with van der Waals surface area (Å²) in [7, 11) is 0. The van der Waals surface area contributed by atoms with Crippen LogP contribution in [-0.4, -0.2) is 11.0 Å². The monoisotopic (exact) mass is 240 g/mol. The van der Waals surface area contributed by atoms with Crippen LogP contribution < -0.4 is 5.32 Å². The highest BCUT2D eigenvalue weighted by Crippen LogP contribution is 2.56. The molecule has 2 fully saturated rings. The molecule has 1 N–H and O–H groups in total. The normalized spacial score (nSPS) is 40.3. The molecule has 2 nitrogen and oxygen atoms in total. The summed E-state index contributed by atoms with van der Waals surface area (Å²) in [5.74, 6) is 3.76. The summed E-state index contributed by atoms with van der Waals surface area (Å²) in [6.07, 6.45) is 12.9. The Morgan fingerprint density at radius 1 is 1.28 bits per heavy atom. The van der Waals surface area contributed by atoms with Crippen molar-refractivity contribution in [3.8, 4) is 0 Å². The summed E-state index contributed by atoms with van der Waals surface area (Å²) in [5.41, 5.74) is 1.31. The first-order valence-corrected chi connectivity index (χ1v) is 7.21. The first-order valence-electron chi connectivity index (χ1n) is 7.21. The van der Waals surface area contributed by atoms with Gasteiger partial charge in [-0.05, 0) is 54.6 Å². The fourth-order valence-electron chi connectivity index (χ4n) is 4.54. The number of pyridine rings is 1. The molecule has 5 atom stereocenters. The molecule has 2 bridgehead atoms. The summed E-state index contributed by atoms with van der Waals surface area (Å²) >= 11 is 0. The number of fused-ring (bicyclic) bond motifs is 5. The largest absolute Gasteiger partial charge is 0.310 e. The van der Waals surface area contributed by atoms with Crippen LogP contribution in [0.1, 0.15) is 24.8 Å². The molecule has 1 heterocycles. The van der Waals surface area contributed by atoms with E-state index >= 15 is 0 Å². The first-order chi connectivity index (χ1) is 8.92. The fraction of sp³-hybridized carbons (Fsp3) is 0.562. The highest BCUT2D eigenvalue weighted by molar-refractivity contribution is 5.16. The van der Waals surface area contributed by atoms with E-state index in [0.29, 0.717) is 0 Å². The lowest BCUT2D eigenvalue weighted by molar-refractivity contribution is 0.225. The number of hydrogen-bond donors (Lipinski definition) is 1. The van der Waals surface area contributed by atoms with Gasteiger partial charge in [0.15, 0.2) is 0 Å². The lowest BCUT2D eigenvalue weighted by Gasteiger charge is -2.32. The third-order valence-electron chi connectivity index (χ3n) is 5.29. The van der Waals surface area contributed by atoms with Gasteiger partial charge in [0, 0.05) is 25.0 Å². The molecule has 0 aliphatic heterocycles. The van der Waals surface area contributed by atoms with Gasteiger partial charge in [-0.3, -0.25) is 4.98 Å². The lowest BCUT2D eigenvalue weighted by atomic mass is 9.79. The van der Waals surface area contributed by atoms with Gasteiger partial charge in [0.25, 0.3) is 0 Å². The molecule has 1 aromatic heterocycles. The average Bonchev–Trinajstić information content (AvgIpc) is 3.09. The van der Waals surface area contributed by atoms with Crippen molar-refractivity contribution in [3.63, 3.8) is 0 Å². The van der Waals surface area contributed by atoms with Crippen molar-refractivity contribution in [1.82, 2.24) is 10.3 Å². The van der Waals surface area contributed by atoms with Gasteiger partial charge < -0.3 is 5.32 Å². The van der Waals surface area contributed by atoms with Crippen molar-refractivity contribution < 1.29 is 0 Å². The Morgan fingerprint density at radius 2 is 2.28 bits per heavy atom. The van der Waals surface area contributed by atoms with Crippen LogP contribution in [0.25, 0.3) is 0 Å². The molecular weight excluding hydrogens is 220 g/mol. The van der Waals surface area contributed by atoms with Gasteiger partial charge in [-0.15, -0.1) is 0 Å². The zero-order chi connectivity index (χ0) is 11.9. The second kappa shape index (κ2) is 4.20. The minimum atomic E-state index is 0.747. The van der Waals surface area contributed by atoms with Crippen LogP contribution in [0.5, 0.6) is 0 Å². The molecule has 0 radical (unpaired) electrons. The zero-order valence-electron chi connectivity index (χ0n) is 10.6. The van der Waals surface area contributed by atoms with Crippen LogP contribution in [0.2, 0.25) is 0 Å². The summed E-state index contributed by atoms with van der Waals surface area (Å²) in [5, 5.41) is 3.77. The average molecular weight is 240 g/mol. The van der Waals surface area contributed by atoms with Gasteiger partial charge >= 0.3 is 0 Å². The van der Waals surface area contributed by atoms with Gasteiger partial charge in [-0.25, -0.2) is 0 Å². The van der Waals surface area contributed by atoms with E-state index in [-0.39, 0.29) is 0 Å². The number of nitrogens with one attached hydrogen (secondary N) is 1. The van der Waals surface area contributed by atoms with Crippen LogP contribution in [0.3, 0.4) is 0 Å². The topological polar surface area (TPSA) is 24.9 Å². The molecule has 2 heteroatoms. The molecule has 18 heavy (non-hydrogen) atoms. The molecule has 3 aliphatic rings. The van der Waals surface area contributed by atoms with Gasteiger partial charge in [-0.2, -0.15) is 0 Å². The van der Waals surface area contributed by atoms with Crippen molar-refractivity contribution in [2.45, 2.75) is 31.8 Å². The Hall–Kier alpha value is -1.15. The quantitative estimate of drug-likeness (QED) is 0.822. The highest BCUT2D eigenvalue weighted by Gasteiger charge is 2.51. The van der Waals surface area contributed by atoms with Crippen LogP contribution in [0, 0.1) is 23.7 Å². The van der Waals surface area contributed by atoms with Crippen molar-refractivity contribution in [2.75, 3.05) is 0 Å². The predicted molar refractivity (Wildman–Crippen MR) is 71.8 cm³/mol. The Bertz CT molecular complexity index is 453. The Balaban J connectivity index is 1.40. The maximum Gasteiger partial charge on any atom is 0.0312 e. The molecule has 0 spiro atoms. The van der Waals surface area contributed by atoms with E-state index in [9.17, 15) is 0 Å². The van der Waals surface area contributed by atoms with E-state index in [1.165, 1.54) is 24.8 Å². The molecule has 0 amide bonds. The molecule has 94 valence electrons. The zero-order valence-corrected chi connectivity index (χ0v) is 10.6. The van der Waals surface area contributed by atoms with Crippen molar-refractivity contribution in [2.24, 2.45) is 23.7 Å². The number of allylic oxidation sites excluding steroid dienone is 2. The van der Waals surface area contributed by atoms with Gasteiger partial charge in [-0.1, -0.05) is 18.2 Å². The Kier molecular flexibility index (Phi) is 2.51. The van der Waals surface area contributed by atoms with Crippen molar-refractivity contribution >= 4 is 0 Å². The van der Waals surface area contributed by atoms with E-state index in [4.69, 9.17) is 0 Å². The van der Waals surface area contributed by atoms with E-state index in [1.54, 1.807) is 0 Å². The van der Waals surface area contributed by atoms with Crippen LogP contribution in [-0.2, 0) is 6.54 Å². The molecular formula is C16H20N2. The van der Waals surface area contributed by atoms with Crippen molar-refractivity contribution in [1.29, 1.82) is 0 Å². The highest BCUT2D eigenvalue weighted by atomic mass is 14.9. The molecule has 0 unspecified atom stereocenters. The van der Waals surface area contributed by atoms with E-state index in [1.807, 2.05) is 18.5 Å². The van der Waals surface area contributed by atoms with Crippen LogP contribution >= 0.6 is 0 Å². The molecule has 0 aromatic carbocycles. The third kappa shape index (κ3) is 1.63. The SMILES string of the molecule is C1=C[C@@H]2[C@@H]3C[C@H]([C@@H]2C1)[C@H](NCc1cccnc1)C3. The summed E-state index contributed by atoms with van der Waals surface area (Å²) < 4.78 is 0. The van der Waals surface area contributed by atoms with Gasteiger partial charge in [0.2, 0.25) is 0 Å². The summed E-state index contributed by atoms with van der Waals surface area (Å²) in [4.78, 5) is 4.18. The van der Waals surface area contributed by atoms with E-state index in [0.717, 1.165) is 36.3 Å². The lowest BCUT2D eigenvalue weighted by Crippen LogP contribution is -2.39. The van der Waals surface area contributed by atoms with Gasteiger partial charge in [0.1, 0.15) is 0 Å². The van der Waals surface area contributed by atoms with E-state index < -0.39 is 0 Å². The number of rotatable bonds is 3. The molecule has 3 aliphatic carbocycles. The van der Waals surface area contributed by atoms with Crippen LogP contribution in [0.4, 0.5) is 0 Å². The smallest absolute Gasteiger partial charge is 0.0312 e. The molecule has 4 rings (SSSR count). The first kappa shape index (κ1) is 10.7. The molecule has 0 saturated heterocycles. The van der Waals surface area contributed by atoms with Crippen LogP contribution in [0.15, 0.2) is 36.7 Å². The fourth-order valence-corrected chi connectivity index (χ4v) is 4.54. The standard InChI is InChI=1S/C16H20N2/c1-4-13-12-7-15(14(13)5-1)16(8-12)18-10-11-3-2-6-17-9-11/h1-4,6,9,12-16,18H,5,7-8,10H2/t12-,13-,14-,15-,16-/m1/s1. The van der Waals surface area contributed by atoms with Crippen molar-refractivity contribution in [3.05, 3.63) is 42.2 Å². The maximum atomic E-state index is 4.18. The van der Waals surface area contributed by atoms with Gasteiger partial charge in [0.05, 0.1) is 0 Å². The Labute approximate surface area is 109 Å².